The van der Waals surface area contributed by atoms with Crippen LogP contribution in [-0.4, -0.2) is 15.1 Å². The van der Waals surface area contributed by atoms with Gasteiger partial charge in [0.1, 0.15) is 11.3 Å². The molecule has 206 valence electrons. The van der Waals surface area contributed by atoms with Crippen molar-refractivity contribution in [3.05, 3.63) is 89.6 Å². The number of nitrogens with zero attached hydrogens (tertiary/aromatic N) is 2. The van der Waals surface area contributed by atoms with E-state index in [1.807, 2.05) is 30.5 Å². The van der Waals surface area contributed by atoms with E-state index in [4.69, 9.17) is 14.4 Å². The number of aromatic nitrogens is 2. The molecule has 0 amide bonds. The van der Waals surface area contributed by atoms with Gasteiger partial charge in [0.25, 0.3) is 0 Å². The summed E-state index contributed by atoms with van der Waals surface area (Å²) >= 11 is 0. The molecule has 4 nitrogen and oxygen atoms in total. The third-order valence-corrected chi connectivity index (χ3v) is 7.50. The normalized spacial score (nSPS) is 12.7. The Kier molecular flexibility index (Phi) is 6.65. The molecule has 3 aromatic carbocycles. The van der Waals surface area contributed by atoms with Crippen LogP contribution in [-0.2, 0) is 16.2 Å². The fraction of sp³-hybridized carbons (Fsp3) is 0.333. The summed E-state index contributed by atoms with van der Waals surface area (Å²) in [6.45, 7) is 20.2. The van der Waals surface area contributed by atoms with Crippen LogP contribution in [0, 0.1) is 0 Å². The van der Waals surface area contributed by atoms with Gasteiger partial charge in [-0.1, -0.05) is 86.6 Å². The SMILES string of the molecule is CC(C)(C)c1cc(-c2cc(-c3ccccn3)c(C(C)(C)C)cc2C(C)(C)C)c2nc(-c3ccccc3O)oc2c1. The number of phenols is 1. The van der Waals surface area contributed by atoms with Gasteiger partial charge in [-0.3, -0.25) is 4.98 Å². The molecule has 0 aliphatic rings. The van der Waals surface area contributed by atoms with E-state index in [2.05, 4.69) is 92.6 Å². The second-order valence-corrected chi connectivity index (χ2v) is 13.8. The van der Waals surface area contributed by atoms with Crippen LogP contribution in [0.15, 0.2) is 77.3 Å². The Labute approximate surface area is 238 Å². The lowest BCUT2D eigenvalue weighted by Crippen LogP contribution is -2.19. The Morgan fingerprint density at radius 1 is 0.625 bits per heavy atom. The number of para-hydroxylation sites is 1. The molecule has 0 spiro atoms. The molecule has 5 rings (SSSR count). The van der Waals surface area contributed by atoms with Crippen molar-refractivity contribution in [2.24, 2.45) is 0 Å². The summed E-state index contributed by atoms with van der Waals surface area (Å²) in [5.41, 5.74) is 9.63. The molecule has 0 radical (unpaired) electrons. The Morgan fingerprint density at radius 2 is 1.27 bits per heavy atom. The highest BCUT2D eigenvalue weighted by molar-refractivity contribution is 5.95. The number of phenolic OH excluding ortho intramolecular Hbond substituents is 1. The fourth-order valence-electron chi connectivity index (χ4n) is 5.24. The van der Waals surface area contributed by atoms with Crippen LogP contribution in [0.1, 0.15) is 79.0 Å². The number of rotatable bonds is 3. The summed E-state index contributed by atoms with van der Waals surface area (Å²) in [6.07, 6.45) is 1.85. The van der Waals surface area contributed by atoms with Gasteiger partial charge in [-0.2, -0.15) is 0 Å². The summed E-state index contributed by atoms with van der Waals surface area (Å²) in [4.78, 5) is 9.76. The number of oxazole rings is 1. The van der Waals surface area contributed by atoms with E-state index in [-0.39, 0.29) is 22.0 Å². The van der Waals surface area contributed by atoms with Gasteiger partial charge >= 0.3 is 0 Å². The first-order chi connectivity index (χ1) is 18.6. The van der Waals surface area contributed by atoms with Crippen molar-refractivity contribution in [2.75, 3.05) is 0 Å². The molecule has 2 aromatic heterocycles. The summed E-state index contributed by atoms with van der Waals surface area (Å²) < 4.78 is 6.37. The van der Waals surface area contributed by atoms with Gasteiger partial charge in [0.05, 0.1) is 11.3 Å². The lowest BCUT2D eigenvalue weighted by Gasteiger charge is -2.30. The van der Waals surface area contributed by atoms with Crippen molar-refractivity contribution in [3.63, 3.8) is 0 Å². The van der Waals surface area contributed by atoms with Crippen LogP contribution < -0.4 is 0 Å². The topological polar surface area (TPSA) is 59.2 Å². The van der Waals surface area contributed by atoms with Crippen LogP contribution in [0.5, 0.6) is 5.75 Å². The molecule has 0 atom stereocenters. The Hall–Kier alpha value is -3.92. The van der Waals surface area contributed by atoms with Crippen molar-refractivity contribution in [3.8, 4) is 39.6 Å². The fourth-order valence-corrected chi connectivity index (χ4v) is 5.24. The highest BCUT2D eigenvalue weighted by Crippen LogP contribution is 2.45. The summed E-state index contributed by atoms with van der Waals surface area (Å²) in [5.74, 6) is 0.558. The third-order valence-electron chi connectivity index (χ3n) is 7.50. The Morgan fingerprint density at radius 3 is 1.88 bits per heavy atom. The van der Waals surface area contributed by atoms with E-state index in [1.54, 1.807) is 12.1 Å². The first-order valence-corrected chi connectivity index (χ1v) is 14.0. The Balaban J connectivity index is 1.91. The summed E-state index contributed by atoms with van der Waals surface area (Å²) in [6, 6.07) is 22.3. The van der Waals surface area contributed by atoms with Gasteiger partial charge in [0, 0.05) is 17.3 Å². The third kappa shape index (κ3) is 5.15. The highest BCUT2D eigenvalue weighted by atomic mass is 16.3. The van der Waals surface area contributed by atoms with Crippen molar-refractivity contribution < 1.29 is 9.52 Å². The van der Waals surface area contributed by atoms with Crippen LogP contribution in [0.25, 0.3) is 44.9 Å². The van der Waals surface area contributed by atoms with E-state index in [0.717, 1.165) is 33.5 Å². The zero-order valence-electron chi connectivity index (χ0n) is 25.2. The average molecular weight is 533 g/mol. The van der Waals surface area contributed by atoms with E-state index in [0.29, 0.717) is 17.0 Å². The zero-order valence-corrected chi connectivity index (χ0v) is 25.2. The summed E-state index contributed by atoms with van der Waals surface area (Å²) in [7, 11) is 0. The first-order valence-electron chi connectivity index (χ1n) is 14.0. The predicted molar refractivity (Wildman–Crippen MR) is 166 cm³/mol. The van der Waals surface area contributed by atoms with Crippen LogP contribution >= 0.6 is 0 Å². The number of benzene rings is 3. The maximum atomic E-state index is 10.6. The molecule has 40 heavy (non-hydrogen) atoms. The maximum absolute atomic E-state index is 10.6. The highest BCUT2D eigenvalue weighted by Gasteiger charge is 2.29. The molecule has 0 fully saturated rings. The minimum Gasteiger partial charge on any atom is -0.507 e. The maximum Gasteiger partial charge on any atom is 0.231 e. The summed E-state index contributed by atoms with van der Waals surface area (Å²) in [5, 5.41) is 10.6. The van der Waals surface area contributed by atoms with E-state index in [9.17, 15) is 5.11 Å². The standard InChI is InChI=1S/C36H40N2O2/c1-34(2,3)22-18-25(32-31(19-22)40-33(38-32)23-14-10-11-16-30(23)39)24-20-26(29-15-12-13-17-37-29)28(36(7,8)9)21-27(24)35(4,5)6/h10-21,39H,1-9H3. The van der Waals surface area contributed by atoms with E-state index >= 15 is 0 Å². The van der Waals surface area contributed by atoms with Crippen LogP contribution in [0.2, 0.25) is 0 Å². The molecule has 0 bridgehead atoms. The van der Waals surface area contributed by atoms with Crippen LogP contribution in [0.3, 0.4) is 0 Å². The molecule has 0 saturated heterocycles. The number of hydrogen-bond acceptors (Lipinski definition) is 4. The van der Waals surface area contributed by atoms with Crippen molar-refractivity contribution >= 4 is 11.1 Å². The Bertz CT molecular complexity index is 1690. The lowest BCUT2D eigenvalue weighted by molar-refractivity contribution is 0.474. The number of fused-ring (bicyclic) bond motifs is 1. The van der Waals surface area contributed by atoms with Gasteiger partial charge in [0.2, 0.25) is 5.89 Å². The molecule has 4 heteroatoms. The minimum absolute atomic E-state index is 0.0835. The quantitative estimate of drug-likeness (QED) is 0.251. The number of pyridine rings is 1. The zero-order chi connectivity index (χ0) is 29.0. The number of aromatic hydroxyl groups is 1. The smallest absolute Gasteiger partial charge is 0.231 e. The minimum atomic E-state index is -0.133. The van der Waals surface area contributed by atoms with Crippen molar-refractivity contribution in [1.82, 2.24) is 9.97 Å². The molecule has 1 N–H and O–H groups in total. The van der Waals surface area contributed by atoms with Gasteiger partial charge in [-0.15, -0.1) is 0 Å². The predicted octanol–water partition coefficient (Wildman–Crippen LogP) is 9.82. The second kappa shape index (κ2) is 9.62. The first kappa shape index (κ1) is 27.6. The molecule has 0 aliphatic heterocycles. The van der Waals surface area contributed by atoms with Crippen molar-refractivity contribution in [1.29, 1.82) is 0 Å². The van der Waals surface area contributed by atoms with Crippen LogP contribution in [0.4, 0.5) is 0 Å². The largest absolute Gasteiger partial charge is 0.507 e. The van der Waals surface area contributed by atoms with Crippen molar-refractivity contribution in [2.45, 2.75) is 78.6 Å². The molecule has 0 aliphatic carbocycles. The van der Waals surface area contributed by atoms with E-state index in [1.165, 1.54) is 11.1 Å². The molecule has 2 heterocycles. The monoisotopic (exact) mass is 532 g/mol. The second-order valence-electron chi connectivity index (χ2n) is 13.8. The van der Waals surface area contributed by atoms with E-state index < -0.39 is 0 Å². The molecule has 0 saturated carbocycles. The average Bonchev–Trinajstić information content (AvgIpc) is 3.30. The van der Waals surface area contributed by atoms with Gasteiger partial charge in [0.15, 0.2) is 5.58 Å². The molecular weight excluding hydrogens is 492 g/mol. The van der Waals surface area contributed by atoms with Gasteiger partial charge in [-0.25, -0.2) is 4.98 Å². The number of hydrogen-bond donors (Lipinski definition) is 1. The van der Waals surface area contributed by atoms with Gasteiger partial charge < -0.3 is 9.52 Å². The molecule has 5 aromatic rings. The molecule has 0 unspecified atom stereocenters. The van der Waals surface area contributed by atoms with Gasteiger partial charge in [-0.05, 0) is 81.0 Å². The molecular formula is C36H40N2O2. The lowest BCUT2D eigenvalue weighted by atomic mass is 9.74.